The third-order valence-electron chi connectivity index (χ3n) is 3.39. The van der Waals surface area contributed by atoms with Crippen LogP contribution >= 0.6 is 15.9 Å². The molecule has 0 bridgehead atoms. The first-order valence-electron chi connectivity index (χ1n) is 7.01. The lowest BCUT2D eigenvalue weighted by Gasteiger charge is -2.20. The molecule has 0 saturated heterocycles. The third kappa shape index (κ3) is 4.18. The Kier molecular flexibility index (Phi) is 5.57. The van der Waals surface area contributed by atoms with Gasteiger partial charge in [-0.3, -0.25) is 4.79 Å². The van der Waals surface area contributed by atoms with E-state index in [1.807, 2.05) is 30.3 Å². The van der Waals surface area contributed by atoms with Crippen molar-refractivity contribution in [3.63, 3.8) is 0 Å². The van der Waals surface area contributed by atoms with Crippen molar-refractivity contribution in [2.24, 2.45) is 0 Å². The molecule has 2 aromatic carbocycles. The summed E-state index contributed by atoms with van der Waals surface area (Å²) in [5.41, 5.74) is 3.46. The maximum atomic E-state index is 11.3. The van der Waals surface area contributed by atoms with Crippen molar-refractivity contribution in [3.05, 3.63) is 65.2 Å². The van der Waals surface area contributed by atoms with E-state index in [2.05, 4.69) is 41.1 Å². The van der Waals surface area contributed by atoms with Gasteiger partial charge in [0, 0.05) is 23.7 Å². The molecule has 1 atom stereocenters. The highest BCUT2D eigenvalue weighted by Gasteiger charge is 2.19. The molecule has 0 saturated carbocycles. The zero-order chi connectivity index (χ0) is 15.2. The van der Waals surface area contributed by atoms with Gasteiger partial charge in [-0.25, -0.2) is 0 Å². The molecule has 21 heavy (non-hydrogen) atoms. The molecule has 0 radical (unpaired) electrons. The van der Waals surface area contributed by atoms with Crippen LogP contribution in [0.2, 0.25) is 0 Å². The molecule has 110 valence electrons. The fourth-order valence-electron chi connectivity index (χ4n) is 2.48. The monoisotopic (exact) mass is 346 g/mol. The van der Waals surface area contributed by atoms with E-state index in [9.17, 15) is 4.79 Å². The number of carbonyl (C=O) groups excluding carboxylic acids is 1. The van der Waals surface area contributed by atoms with Crippen molar-refractivity contribution < 1.29 is 9.53 Å². The van der Waals surface area contributed by atoms with Crippen molar-refractivity contribution in [1.82, 2.24) is 0 Å². The van der Waals surface area contributed by atoms with Crippen molar-refractivity contribution in [2.45, 2.75) is 26.2 Å². The van der Waals surface area contributed by atoms with Crippen LogP contribution in [0.1, 0.15) is 36.0 Å². The fourth-order valence-corrected chi connectivity index (χ4v) is 2.94. The topological polar surface area (TPSA) is 26.3 Å². The zero-order valence-corrected chi connectivity index (χ0v) is 13.9. The predicted molar refractivity (Wildman–Crippen MR) is 89.2 cm³/mol. The summed E-state index contributed by atoms with van der Waals surface area (Å²) in [7, 11) is 0. The first kappa shape index (κ1) is 15.8. The number of rotatable bonds is 5. The smallest absolute Gasteiger partial charge is 0.308 e. The average molecular weight is 347 g/mol. The van der Waals surface area contributed by atoms with Crippen LogP contribution in [0.4, 0.5) is 0 Å². The summed E-state index contributed by atoms with van der Waals surface area (Å²) in [6, 6.07) is 16.3. The number of benzene rings is 2. The van der Waals surface area contributed by atoms with E-state index < -0.39 is 0 Å². The van der Waals surface area contributed by atoms with Gasteiger partial charge in [0.1, 0.15) is 5.75 Å². The summed E-state index contributed by atoms with van der Waals surface area (Å²) in [5, 5.41) is 0.889. The molecule has 1 unspecified atom stereocenters. The maximum Gasteiger partial charge on any atom is 0.308 e. The predicted octanol–water partition coefficient (Wildman–Crippen LogP) is 4.84. The minimum atomic E-state index is -0.286. The number of esters is 1. The second-order valence-corrected chi connectivity index (χ2v) is 5.87. The van der Waals surface area contributed by atoms with Crippen LogP contribution in [-0.4, -0.2) is 11.3 Å². The molecular formula is C18H19BrO2. The Labute approximate surface area is 134 Å². The molecule has 2 rings (SSSR count). The van der Waals surface area contributed by atoms with Crippen LogP contribution in [0.5, 0.6) is 5.75 Å². The Morgan fingerprint density at radius 1 is 1.19 bits per heavy atom. The van der Waals surface area contributed by atoms with Gasteiger partial charge in [-0.15, -0.1) is 0 Å². The van der Waals surface area contributed by atoms with Gasteiger partial charge in [-0.05, 0) is 25.0 Å². The Bertz CT molecular complexity index is 608. The van der Waals surface area contributed by atoms with Crippen LogP contribution in [0.3, 0.4) is 0 Å². The molecule has 0 fully saturated rings. The van der Waals surface area contributed by atoms with Crippen molar-refractivity contribution in [1.29, 1.82) is 0 Å². The maximum absolute atomic E-state index is 11.3. The number of hydrogen-bond donors (Lipinski definition) is 0. The highest BCUT2D eigenvalue weighted by atomic mass is 79.9. The standard InChI is InChI=1S/C18H19BrO2/c1-13-8-9-18(21-14(2)20)17(12-13)16(10-11-19)15-6-4-3-5-7-15/h3-9,12,16H,10-11H2,1-2H3. The fraction of sp³-hybridized carbons (Fsp3) is 0.278. The lowest BCUT2D eigenvalue weighted by molar-refractivity contribution is -0.131. The largest absolute Gasteiger partial charge is 0.426 e. The van der Waals surface area contributed by atoms with Crippen LogP contribution in [0.15, 0.2) is 48.5 Å². The minimum absolute atomic E-state index is 0.208. The molecule has 2 nitrogen and oxygen atoms in total. The molecule has 0 spiro atoms. The van der Waals surface area contributed by atoms with E-state index in [1.54, 1.807) is 0 Å². The van der Waals surface area contributed by atoms with Gasteiger partial charge in [0.05, 0.1) is 0 Å². The van der Waals surface area contributed by atoms with Gasteiger partial charge in [0.25, 0.3) is 0 Å². The van der Waals surface area contributed by atoms with E-state index in [-0.39, 0.29) is 11.9 Å². The highest BCUT2D eigenvalue weighted by Crippen LogP contribution is 2.35. The molecule has 0 aliphatic heterocycles. The highest BCUT2D eigenvalue weighted by molar-refractivity contribution is 9.09. The van der Waals surface area contributed by atoms with Gasteiger partial charge in [-0.1, -0.05) is 64.0 Å². The minimum Gasteiger partial charge on any atom is -0.426 e. The van der Waals surface area contributed by atoms with Gasteiger partial charge in [-0.2, -0.15) is 0 Å². The average Bonchev–Trinajstić information content (AvgIpc) is 2.47. The van der Waals surface area contributed by atoms with Crippen LogP contribution in [0.25, 0.3) is 0 Å². The van der Waals surface area contributed by atoms with Gasteiger partial charge >= 0.3 is 5.97 Å². The molecule has 0 aromatic heterocycles. The normalized spacial score (nSPS) is 12.0. The number of hydrogen-bond acceptors (Lipinski definition) is 2. The summed E-state index contributed by atoms with van der Waals surface area (Å²) < 4.78 is 5.39. The Hall–Kier alpha value is -1.61. The van der Waals surface area contributed by atoms with Gasteiger partial charge in [0.15, 0.2) is 0 Å². The van der Waals surface area contributed by atoms with Crippen LogP contribution in [-0.2, 0) is 4.79 Å². The van der Waals surface area contributed by atoms with E-state index in [0.717, 1.165) is 22.9 Å². The lowest BCUT2D eigenvalue weighted by atomic mass is 9.88. The first-order chi connectivity index (χ1) is 10.1. The van der Waals surface area contributed by atoms with Crippen LogP contribution in [0, 0.1) is 6.92 Å². The second-order valence-electron chi connectivity index (χ2n) is 5.08. The third-order valence-corrected chi connectivity index (χ3v) is 3.85. The molecule has 0 aliphatic rings. The number of aryl methyl sites for hydroxylation is 1. The zero-order valence-electron chi connectivity index (χ0n) is 12.3. The summed E-state index contributed by atoms with van der Waals surface area (Å²) in [5.74, 6) is 0.577. The van der Waals surface area contributed by atoms with Crippen molar-refractivity contribution in [2.75, 3.05) is 5.33 Å². The molecule has 0 aliphatic carbocycles. The number of carbonyl (C=O) groups is 1. The Morgan fingerprint density at radius 3 is 2.52 bits per heavy atom. The summed E-state index contributed by atoms with van der Waals surface area (Å²) in [4.78, 5) is 11.3. The number of ether oxygens (including phenoxy) is 1. The quantitative estimate of drug-likeness (QED) is 0.440. The van der Waals surface area contributed by atoms with Crippen LogP contribution < -0.4 is 4.74 Å². The van der Waals surface area contributed by atoms with E-state index in [4.69, 9.17) is 4.74 Å². The van der Waals surface area contributed by atoms with Gasteiger partial charge in [0.2, 0.25) is 0 Å². The molecule has 3 heteroatoms. The Morgan fingerprint density at radius 2 is 1.90 bits per heavy atom. The van der Waals surface area contributed by atoms with Crippen molar-refractivity contribution in [3.8, 4) is 5.75 Å². The van der Waals surface area contributed by atoms with Gasteiger partial charge < -0.3 is 4.74 Å². The summed E-state index contributed by atoms with van der Waals surface area (Å²) in [6.07, 6.45) is 0.946. The van der Waals surface area contributed by atoms with E-state index >= 15 is 0 Å². The molecule has 0 amide bonds. The molecule has 2 aromatic rings. The first-order valence-corrected chi connectivity index (χ1v) is 8.14. The van der Waals surface area contributed by atoms with Crippen molar-refractivity contribution >= 4 is 21.9 Å². The SMILES string of the molecule is CC(=O)Oc1ccc(C)cc1C(CCBr)c1ccccc1. The Balaban J connectivity index is 2.48. The summed E-state index contributed by atoms with van der Waals surface area (Å²) >= 11 is 3.53. The second kappa shape index (κ2) is 7.41. The number of halogens is 1. The van der Waals surface area contributed by atoms with E-state index in [1.165, 1.54) is 12.5 Å². The number of alkyl halides is 1. The van der Waals surface area contributed by atoms with E-state index in [0.29, 0.717) is 5.75 Å². The molecule has 0 N–H and O–H groups in total. The lowest BCUT2D eigenvalue weighted by Crippen LogP contribution is -2.09. The molecule has 0 heterocycles. The molecular weight excluding hydrogens is 328 g/mol. The summed E-state index contributed by atoms with van der Waals surface area (Å²) in [6.45, 7) is 3.49.